The molecule has 0 radical (unpaired) electrons. The molecule has 7 aromatic rings. The lowest BCUT2D eigenvalue weighted by atomic mass is 9.52. The number of fused-ring (bicyclic) bond motifs is 5. The third-order valence-corrected chi connectivity index (χ3v) is 28.1. The van der Waals surface area contributed by atoms with Gasteiger partial charge in [0.05, 0.1) is 36.6 Å². The SMILES string of the molecule is CCOCC1CCC2CSSCC(C3(c4cc(O)cc(C5(NC)CCCC(Cc6cccc(CCC(C)C)c6)C5)c4)C(=O)C4C(CSSC(CO)c5cccc6ccc(CC)c(c56)Cc5c(ccc(O)c5OC)CC(Cc5cc[nH]c5)C4O)CC3O)c3ccc(OCO)c(c3)OC2C1. The molecule has 5 aliphatic rings. The Morgan fingerprint density at radius 2 is 1.62 bits per heavy atom. The quantitative estimate of drug-likeness (QED) is 0.0280. The summed E-state index contributed by atoms with van der Waals surface area (Å²) in [5.41, 5.74) is 8.07. The van der Waals surface area contributed by atoms with Gasteiger partial charge in [-0.05, 0) is 230 Å². The van der Waals surface area contributed by atoms with Crippen molar-refractivity contribution in [1.82, 2.24) is 10.3 Å². The van der Waals surface area contributed by atoms with Crippen LogP contribution >= 0.6 is 43.2 Å². The lowest BCUT2D eigenvalue weighted by Crippen LogP contribution is -2.62. The van der Waals surface area contributed by atoms with Gasteiger partial charge in [-0.15, -0.1) is 0 Å². The highest BCUT2D eigenvalue weighted by molar-refractivity contribution is 8.77. The van der Waals surface area contributed by atoms with Crippen LogP contribution in [0, 0.1) is 41.4 Å². The average molecular weight is 1410 g/mol. The van der Waals surface area contributed by atoms with Gasteiger partial charge in [-0.1, -0.05) is 143 Å². The van der Waals surface area contributed by atoms with Gasteiger partial charge in [0.1, 0.15) is 11.9 Å². The molecule has 17 heteroatoms. The van der Waals surface area contributed by atoms with Crippen LogP contribution in [0.25, 0.3) is 10.8 Å². The number of carbonyl (C=O) groups is 1. The standard InChI is InChI=1S/C81H102N2O11S4/c1-7-55-21-22-56-15-10-16-65-73(43-84)98-97-46-61-36-74(88)81(68-47-96-95-45-59-20-19-54(44-92-8-2)33-71(59)94-72-35-58(68)24-26-70(72)93-48-85,63-37-62(38-64(86)39-63)80(82-5)28-11-14-52(41-80)31-51-13-9-12-50(30-51)18-17-49(3)4)79(90)76(61)77(89)60(32-53-27-29-83-42-53)34-57-23-25-69(87)78(91-6)67(57)40-66(55)75(56)65/h9-10,12-13,15-16,21-27,29-30,35,37-39,42,49,52,54,59-61,68,71,73-74,76-77,82-89H,7-8,11,14,17-20,28,31-34,36,40-41,43-48H2,1-6H3. The second-order valence-electron chi connectivity index (χ2n) is 29.0. The maximum absolute atomic E-state index is 18.1. The molecule has 3 heterocycles. The zero-order chi connectivity index (χ0) is 68.7. The summed E-state index contributed by atoms with van der Waals surface area (Å²) in [6, 6.07) is 36.8. The molecule has 2 bridgehead atoms. The van der Waals surface area contributed by atoms with Crippen LogP contribution < -0.4 is 19.5 Å². The molecule has 13 nitrogen and oxygen atoms in total. The van der Waals surface area contributed by atoms with Crippen molar-refractivity contribution < 1.29 is 54.4 Å². The van der Waals surface area contributed by atoms with E-state index in [-0.39, 0.29) is 42.3 Å². The molecule has 3 fully saturated rings. The van der Waals surface area contributed by atoms with Gasteiger partial charge in [0.25, 0.3) is 0 Å². The molecule has 98 heavy (non-hydrogen) atoms. The Bertz CT molecular complexity index is 3830. The number of benzene rings is 6. The number of aliphatic hydroxyl groups excluding tert-OH is 4. The number of phenols is 2. The van der Waals surface area contributed by atoms with E-state index in [0.29, 0.717) is 84.5 Å². The summed E-state index contributed by atoms with van der Waals surface area (Å²) in [7, 11) is 10.2. The van der Waals surface area contributed by atoms with Crippen molar-refractivity contribution in [3.63, 3.8) is 0 Å². The van der Waals surface area contributed by atoms with Crippen molar-refractivity contribution in [1.29, 1.82) is 0 Å². The number of hydrogen-bond acceptors (Lipinski definition) is 16. The normalized spacial score (nSPS) is 27.9. The lowest BCUT2D eigenvalue weighted by Gasteiger charge is -2.53. The first-order valence-corrected chi connectivity index (χ1v) is 40.8. The number of aromatic amines is 1. The van der Waals surface area contributed by atoms with Gasteiger partial charge < -0.3 is 59.9 Å². The van der Waals surface area contributed by atoms with Gasteiger partial charge in [0.15, 0.2) is 35.6 Å². The number of methoxy groups -OCH3 is 1. The molecule has 3 saturated carbocycles. The molecular weight excluding hydrogens is 1310 g/mol. The Balaban J connectivity index is 1.04. The van der Waals surface area contributed by atoms with Crippen LogP contribution in [0.15, 0.2) is 122 Å². The first-order valence-electron chi connectivity index (χ1n) is 35.9. The number of aliphatic hydroxyl groups is 4. The van der Waals surface area contributed by atoms with E-state index in [9.17, 15) is 30.6 Å². The monoisotopic (exact) mass is 1410 g/mol. The van der Waals surface area contributed by atoms with Gasteiger partial charge in [0.2, 0.25) is 0 Å². The number of nitrogens with one attached hydrogen (secondary N) is 2. The summed E-state index contributed by atoms with van der Waals surface area (Å²) >= 11 is 0. The Hall–Kier alpha value is -5.31. The fraction of sp³-hybridized carbons (Fsp3) is 0.519. The highest BCUT2D eigenvalue weighted by Crippen LogP contribution is 2.58. The molecule has 526 valence electrons. The van der Waals surface area contributed by atoms with E-state index < -0.39 is 58.9 Å². The first-order chi connectivity index (χ1) is 47.6. The summed E-state index contributed by atoms with van der Waals surface area (Å²) in [6.07, 6.45) is 12.2. The van der Waals surface area contributed by atoms with Crippen LogP contribution in [-0.2, 0) is 59.0 Å². The highest BCUT2D eigenvalue weighted by Gasteiger charge is 2.62. The Morgan fingerprint density at radius 3 is 2.40 bits per heavy atom. The minimum Gasteiger partial charge on any atom is -0.508 e. The van der Waals surface area contributed by atoms with Crippen LogP contribution in [0.3, 0.4) is 0 Å². The summed E-state index contributed by atoms with van der Waals surface area (Å²) < 4.78 is 25.5. The van der Waals surface area contributed by atoms with Crippen molar-refractivity contribution in [2.45, 2.75) is 164 Å². The second-order valence-corrected chi connectivity index (χ2v) is 34.2. The Labute approximate surface area is 595 Å². The number of aromatic hydroxyl groups is 2. The predicted molar refractivity (Wildman–Crippen MR) is 400 cm³/mol. The zero-order valence-electron chi connectivity index (χ0n) is 57.9. The van der Waals surface area contributed by atoms with Gasteiger partial charge in [-0.25, -0.2) is 0 Å². The van der Waals surface area contributed by atoms with E-state index in [1.165, 1.54) is 11.1 Å². The topological polar surface area (TPSA) is 203 Å². The second kappa shape index (κ2) is 32.8. The minimum atomic E-state index is -1.81. The highest BCUT2D eigenvalue weighted by atomic mass is 33.1. The van der Waals surface area contributed by atoms with Crippen molar-refractivity contribution in [3.8, 4) is 28.7 Å². The number of ketones is 1. The fourth-order valence-corrected chi connectivity index (χ4v) is 23.4. The summed E-state index contributed by atoms with van der Waals surface area (Å²) in [4.78, 5) is 21.3. The summed E-state index contributed by atoms with van der Waals surface area (Å²) in [5, 5.41) is 80.6. The molecule has 8 N–H and O–H groups in total. The number of ether oxygens (including phenoxy) is 4. The number of aryl methyl sites for hydroxylation is 2. The van der Waals surface area contributed by atoms with E-state index in [4.69, 9.17) is 18.9 Å². The van der Waals surface area contributed by atoms with E-state index >= 15 is 4.79 Å². The van der Waals surface area contributed by atoms with Crippen molar-refractivity contribution in [3.05, 3.63) is 183 Å². The minimum absolute atomic E-state index is 0.00466. The fourth-order valence-electron chi connectivity index (χ4n) is 17.7. The van der Waals surface area contributed by atoms with Crippen LogP contribution in [-0.4, -0.2) is 118 Å². The van der Waals surface area contributed by atoms with E-state index in [1.54, 1.807) is 62.4 Å². The van der Waals surface area contributed by atoms with Crippen LogP contribution in [0.2, 0.25) is 0 Å². The molecule has 12 rings (SSSR count). The maximum Gasteiger partial charge on any atom is 0.186 e. The van der Waals surface area contributed by atoms with Crippen molar-refractivity contribution >= 4 is 59.7 Å². The molecule has 3 aliphatic carbocycles. The number of phenolic OH excluding ortho intramolecular Hbond substituents is 2. The van der Waals surface area contributed by atoms with Gasteiger partial charge >= 0.3 is 0 Å². The molecular formula is C81H102N2O11S4. The van der Waals surface area contributed by atoms with E-state index in [1.807, 2.05) is 68.8 Å². The van der Waals surface area contributed by atoms with Crippen LogP contribution in [0.1, 0.15) is 158 Å². The molecule has 6 aromatic carbocycles. The number of carbonyl (C=O) groups excluding carboxylic acids is 1. The number of Topliss-reactive ketones (excluding diaryl/α,β-unsaturated/α-hetero) is 1. The van der Waals surface area contributed by atoms with Crippen LogP contribution in [0.5, 0.6) is 28.7 Å². The smallest absolute Gasteiger partial charge is 0.186 e. The number of aromatic nitrogens is 1. The Kier molecular flexibility index (Phi) is 24.2. The molecule has 1 aromatic heterocycles. The molecule has 2 aliphatic heterocycles. The average Bonchev–Trinajstić information content (AvgIpc) is 0.763. The Morgan fingerprint density at radius 1 is 0.806 bits per heavy atom. The molecule has 13 atom stereocenters. The molecule has 0 spiro atoms. The number of rotatable bonds is 19. The molecule has 0 amide bonds. The van der Waals surface area contributed by atoms with Gasteiger partial charge in [-0.3, -0.25) is 4.79 Å². The summed E-state index contributed by atoms with van der Waals surface area (Å²) in [6.45, 7) is 9.22. The van der Waals surface area contributed by atoms with Crippen molar-refractivity contribution in [2.24, 2.45) is 41.4 Å². The zero-order valence-corrected chi connectivity index (χ0v) is 61.2. The number of H-pyrrole nitrogens is 1. The third-order valence-electron chi connectivity index (χ3n) is 22.7. The largest absolute Gasteiger partial charge is 0.508 e. The van der Waals surface area contributed by atoms with Gasteiger partial charge in [-0.2, -0.15) is 0 Å². The molecule has 13 unspecified atom stereocenters. The maximum atomic E-state index is 18.1. The molecule has 0 saturated heterocycles. The van der Waals surface area contributed by atoms with Gasteiger partial charge in [0, 0.05) is 78.1 Å². The number of hydrogen-bond donors (Lipinski definition) is 8. The predicted octanol–water partition coefficient (Wildman–Crippen LogP) is 15.6. The van der Waals surface area contributed by atoms with E-state index in [0.717, 1.165) is 132 Å². The first kappa shape index (κ1) is 72.5. The third kappa shape index (κ3) is 15.4. The van der Waals surface area contributed by atoms with Crippen LogP contribution in [0.4, 0.5) is 0 Å². The van der Waals surface area contributed by atoms with Crippen molar-refractivity contribution in [2.75, 3.05) is 58.0 Å². The van der Waals surface area contributed by atoms with E-state index in [2.05, 4.69) is 85.7 Å². The lowest BCUT2D eigenvalue weighted by molar-refractivity contribution is -0.150. The summed E-state index contributed by atoms with van der Waals surface area (Å²) in [5.74, 6) is 0.639.